The third kappa shape index (κ3) is 4.63. The van der Waals surface area contributed by atoms with Gasteiger partial charge in [-0.25, -0.2) is 4.57 Å². The second-order valence-corrected chi connectivity index (χ2v) is 6.23. The molecule has 0 unspecified atom stereocenters. The fraction of sp³-hybridized carbons (Fsp3) is 0.167. The van der Waals surface area contributed by atoms with E-state index in [1.807, 2.05) is 41.4 Å². The van der Waals surface area contributed by atoms with Gasteiger partial charge in [-0.05, 0) is 46.3 Å². The van der Waals surface area contributed by atoms with Crippen LogP contribution in [0.15, 0.2) is 76.4 Å². The number of aromatic nitrogens is 1. The van der Waals surface area contributed by atoms with Gasteiger partial charge in [-0.15, -0.1) is 0 Å². The number of hydrogen-bond acceptors (Lipinski definition) is 4. The van der Waals surface area contributed by atoms with Crippen molar-refractivity contribution in [1.29, 1.82) is 0 Å². The maximum Gasteiger partial charge on any atom is 0.408 e. The minimum atomic E-state index is 0. The van der Waals surface area contributed by atoms with E-state index < -0.39 is 0 Å². The van der Waals surface area contributed by atoms with Gasteiger partial charge in [0, 0.05) is 24.7 Å². The summed E-state index contributed by atoms with van der Waals surface area (Å²) in [4.78, 5) is 2.22. The van der Waals surface area contributed by atoms with Gasteiger partial charge >= 0.3 is 5.13 Å². The van der Waals surface area contributed by atoms with Crippen LogP contribution in [0.3, 0.4) is 0 Å². The lowest BCUT2D eigenvalue weighted by Gasteiger charge is -2.19. The van der Waals surface area contributed by atoms with E-state index >= 15 is 0 Å². The number of hydrogen-bond donors (Lipinski definition) is 0. The molecule has 0 aliphatic rings. The number of anilines is 1. The van der Waals surface area contributed by atoms with E-state index in [-0.39, 0.29) is 12.4 Å². The highest BCUT2D eigenvalue weighted by Crippen LogP contribution is 2.22. The predicted molar refractivity (Wildman–Crippen MR) is 94.7 cm³/mol. The number of benzene rings is 2. The van der Waals surface area contributed by atoms with Gasteiger partial charge in [0.05, 0.1) is 12.2 Å². The molecule has 0 fully saturated rings. The van der Waals surface area contributed by atoms with Crippen LogP contribution in [0.5, 0.6) is 0 Å². The summed E-state index contributed by atoms with van der Waals surface area (Å²) in [5, 5.41) is 11.4. The molecule has 124 valence electrons. The largest absolute Gasteiger partial charge is 1.00 e. The van der Waals surface area contributed by atoms with E-state index in [0.29, 0.717) is 0 Å². The maximum atomic E-state index is 4.29. The van der Waals surface area contributed by atoms with Gasteiger partial charge in [-0.3, -0.25) is 0 Å². The highest BCUT2D eigenvalue weighted by molar-refractivity contribution is 7.12. The van der Waals surface area contributed by atoms with Crippen molar-refractivity contribution in [3.8, 4) is 0 Å². The van der Waals surface area contributed by atoms with Crippen molar-refractivity contribution in [2.75, 3.05) is 11.9 Å². The minimum absolute atomic E-state index is 0. The number of halogens is 1. The smallest absolute Gasteiger partial charge is 0.408 e. The average molecular weight is 359 g/mol. The third-order valence-electron chi connectivity index (χ3n) is 3.56. The van der Waals surface area contributed by atoms with Crippen LogP contribution in [0.1, 0.15) is 5.56 Å². The van der Waals surface area contributed by atoms with Crippen molar-refractivity contribution >= 4 is 27.8 Å². The highest BCUT2D eigenvalue weighted by Gasteiger charge is 2.07. The minimum Gasteiger partial charge on any atom is -1.00 e. The molecule has 3 rings (SSSR count). The highest BCUT2D eigenvalue weighted by atomic mass is 35.5. The van der Waals surface area contributed by atoms with E-state index in [9.17, 15) is 0 Å². The molecule has 0 saturated heterocycles. The number of rotatable bonds is 5. The summed E-state index contributed by atoms with van der Waals surface area (Å²) < 4.78 is 1.95. The van der Waals surface area contributed by atoms with Crippen molar-refractivity contribution < 1.29 is 17.0 Å². The van der Waals surface area contributed by atoms with Crippen LogP contribution in [-0.4, -0.2) is 7.05 Å². The van der Waals surface area contributed by atoms with Gasteiger partial charge < -0.3 is 17.3 Å². The number of aryl methyl sites for hydroxylation is 1. The molecule has 4 nitrogen and oxygen atoms in total. The van der Waals surface area contributed by atoms with E-state index in [2.05, 4.69) is 58.6 Å². The molecule has 0 atom stereocenters. The fourth-order valence-corrected chi connectivity index (χ4v) is 2.93. The molecule has 0 saturated carbocycles. The lowest BCUT2D eigenvalue weighted by atomic mass is 10.2. The Hall–Kier alpha value is -2.24. The Kier molecular flexibility index (Phi) is 6.46. The zero-order chi connectivity index (χ0) is 16.1. The molecule has 1 aromatic heterocycles. The van der Waals surface area contributed by atoms with Gasteiger partial charge in [-0.2, -0.15) is 0 Å². The summed E-state index contributed by atoms with van der Waals surface area (Å²) in [5.74, 6) is 0. The molecule has 3 aromatic rings. The summed E-state index contributed by atoms with van der Waals surface area (Å²) in [6.07, 6.45) is 1.97. The molecule has 0 aliphatic heterocycles. The van der Waals surface area contributed by atoms with Gasteiger partial charge in [0.2, 0.25) is 0 Å². The first-order chi connectivity index (χ1) is 11.2. The Morgan fingerprint density at radius 3 is 2.33 bits per heavy atom. The van der Waals surface area contributed by atoms with Crippen molar-refractivity contribution in [2.24, 2.45) is 17.3 Å². The summed E-state index contributed by atoms with van der Waals surface area (Å²) in [6.45, 7) is 0.882. The summed E-state index contributed by atoms with van der Waals surface area (Å²) in [5.41, 5.74) is 3.31. The third-order valence-corrected chi connectivity index (χ3v) is 4.40. The molecule has 0 radical (unpaired) electrons. The summed E-state index contributed by atoms with van der Waals surface area (Å²) >= 11 is 1.57. The molecule has 6 heteroatoms. The monoisotopic (exact) mass is 358 g/mol. The molecule has 24 heavy (non-hydrogen) atoms. The molecule has 0 amide bonds. The van der Waals surface area contributed by atoms with E-state index in [0.717, 1.165) is 23.1 Å². The Morgan fingerprint density at radius 1 is 1.00 bits per heavy atom. The van der Waals surface area contributed by atoms with Crippen LogP contribution in [0.4, 0.5) is 16.5 Å². The first kappa shape index (κ1) is 18.1. The SMILES string of the molecule is CN(Cc1ccccc1)c1ccc(N=Nc2scc[n+]2C)cc1.[Cl-]. The van der Waals surface area contributed by atoms with Gasteiger partial charge in [-0.1, -0.05) is 30.3 Å². The van der Waals surface area contributed by atoms with Crippen LogP contribution < -0.4 is 21.9 Å². The Morgan fingerprint density at radius 2 is 1.71 bits per heavy atom. The van der Waals surface area contributed by atoms with E-state index in [1.165, 1.54) is 5.56 Å². The Labute approximate surface area is 152 Å². The van der Waals surface area contributed by atoms with E-state index in [4.69, 9.17) is 0 Å². The predicted octanol–water partition coefficient (Wildman–Crippen LogP) is 1.63. The van der Waals surface area contributed by atoms with Gasteiger partial charge in [0.1, 0.15) is 11.9 Å². The standard InChI is InChI=1S/C18H19N4S.ClH/c1-21-12-13-23-18(21)20-19-16-8-10-17(11-9-16)22(2)14-15-6-4-3-5-7-15;/h3-13H,14H2,1-2H3;1H/q+1;/p-1. The van der Waals surface area contributed by atoms with Crippen molar-refractivity contribution in [3.05, 3.63) is 71.7 Å². The van der Waals surface area contributed by atoms with Crippen LogP contribution in [0.25, 0.3) is 0 Å². The molecule has 1 heterocycles. The van der Waals surface area contributed by atoms with Crippen molar-refractivity contribution in [3.63, 3.8) is 0 Å². The maximum absolute atomic E-state index is 4.29. The van der Waals surface area contributed by atoms with Gasteiger partial charge in [0.15, 0.2) is 0 Å². The molecule has 2 aromatic carbocycles. The molecule has 0 bridgehead atoms. The van der Waals surface area contributed by atoms with Crippen LogP contribution in [0.2, 0.25) is 0 Å². The second-order valence-electron chi connectivity index (χ2n) is 5.35. The normalized spacial score (nSPS) is 10.6. The number of nitrogens with zero attached hydrogens (tertiary/aromatic N) is 4. The van der Waals surface area contributed by atoms with Crippen LogP contribution in [-0.2, 0) is 13.6 Å². The lowest BCUT2D eigenvalue weighted by Crippen LogP contribution is -3.00. The molecule has 0 spiro atoms. The molecule has 0 N–H and O–H groups in total. The van der Waals surface area contributed by atoms with E-state index in [1.54, 1.807) is 11.3 Å². The first-order valence-corrected chi connectivity index (χ1v) is 8.30. The molecular formula is C18H19ClN4S. The number of thiazole rings is 1. The van der Waals surface area contributed by atoms with Crippen LogP contribution >= 0.6 is 11.3 Å². The first-order valence-electron chi connectivity index (χ1n) is 7.42. The Bertz CT molecular complexity index is 784. The Balaban J connectivity index is 0.00000208. The van der Waals surface area contributed by atoms with Crippen LogP contribution in [0, 0.1) is 0 Å². The van der Waals surface area contributed by atoms with Crippen molar-refractivity contribution in [1.82, 2.24) is 0 Å². The lowest BCUT2D eigenvalue weighted by molar-refractivity contribution is -0.654. The second kappa shape index (κ2) is 8.57. The summed E-state index contributed by atoms with van der Waals surface area (Å²) in [7, 11) is 4.06. The van der Waals surface area contributed by atoms with Gasteiger partial charge in [0.25, 0.3) is 0 Å². The topological polar surface area (TPSA) is 31.8 Å². The molecule has 0 aliphatic carbocycles. The zero-order valence-electron chi connectivity index (χ0n) is 13.6. The molecular weight excluding hydrogens is 340 g/mol. The zero-order valence-corrected chi connectivity index (χ0v) is 15.2. The fourth-order valence-electron chi connectivity index (χ4n) is 2.25. The quantitative estimate of drug-likeness (QED) is 0.504. The van der Waals surface area contributed by atoms with Crippen molar-refractivity contribution in [2.45, 2.75) is 6.54 Å². The average Bonchev–Trinajstić information content (AvgIpc) is 2.99. The summed E-state index contributed by atoms with van der Waals surface area (Å²) in [6, 6.07) is 18.6. The number of azo groups is 1.